The smallest absolute Gasteiger partial charge is 0.306 e. The Morgan fingerprint density at radius 1 is 1.24 bits per heavy atom. The molecule has 1 aliphatic rings. The van der Waals surface area contributed by atoms with Crippen molar-refractivity contribution in [1.29, 1.82) is 0 Å². The lowest BCUT2D eigenvalue weighted by molar-refractivity contribution is -0.153. The maximum Gasteiger partial charge on any atom is 0.306 e. The first-order chi connectivity index (χ1) is 12.1. The van der Waals surface area contributed by atoms with Crippen LogP contribution in [0.25, 0.3) is 0 Å². The molecular weight excluding hydrogens is 334 g/mol. The lowest BCUT2D eigenvalue weighted by Gasteiger charge is -2.14. The molecule has 4 nitrogen and oxygen atoms in total. The summed E-state index contributed by atoms with van der Waals surface area (Å²) in [6, 6.07) is 10.1. The first kappa shape index (κ1) is 17.7. The van der Waals surface area contributed by atoms with Crippen LogP contribution >= 0.6 is 11.3 Å². The Balaban J connectivity index is 1.43. The molecule has 1 aliphatic carbocycles. The highest BCUT2D eigenvalue weighted by Gasteiger charge is 2.19. The quantitative estimate of drug-likeness (QED) is 0.758. The third-order valence-electron chi connectivity index (χ3n) is 4.43. The molecule has 0 fully saturated rings. The highest BCUT2D eigenvalue weighted by atomic mass is 32.1. The van der Waals surface area contributed by atoms with Gasteiger partial charge in [0.2, 0.25) is 0 Å². The Morgan fingerprint density at radius 3 is 2.88 bits per heavy atom. The molecule has 2 aromatic rings. The number of benzene rings is 1. The van der Waals surface area contributed by atoms with Gasteiger partial charge in [0.25, 0.3) is 5.91 Å². The van der Waals surface area contributed by atoms with Gasteiger partial charge in [-0.2, -0.15) is 0 Å². The van der Waals surface area contributed by atoms with Crippen molar-refractivity contribution in [1.82, 2.24) is 0 Å². The average molecular weight is 357 g/mol. The number of amides is 1. The number of hydrogen-bond donors (Lipinski definition) is 1. The van der Waals surface area contributed by atoms with Crippen molar-refractivity contribution >= 4 is 28.9 Å². The Kier molecular flexibility index (Phi) is 5.87. The third kappa shape index (κ3) is 4.92. The van der Waals surface area contributed by atoms with Crippen LogP contribution in [-0.2, 0) is 33.6 Å². The van der Waals surface area contributed by atoms with Crippen molar-refractivity contribution in [3.05, 3.63) is 51.7 Å². The molecule has 5 heteroatoms. The molecule has 0 radical (unpaired) electrons. The Bertz CT molecular complexity index is 739. The van der Waals surface area contributed by atoms with E-state index in [1.165, 1.54) is 22.4 Å². The van der Waals surface area contributed by atoms with E-state index < -0.39 is 6.10 Å². The molecular formula is C20H23NO3S. The maximum absolute atomic E-state index is 12.2. The van der Waals surface area contributed by atoms with Crippen LogP contribution in [0.4, 0.5) is 5.69 Å². The van der Waals surface area contributed by atoms with Gasteiger partial charge in [-0.05, 0) is 73.7 Å². The van der Waals surface area contributed by atoms with E-state index in [-0.39, 0.29) is 11.9 Å². The fourth-order valence-corrected chi connectivity index (χ4v) is 3.82. The number of hydrogen-bond acceptors (Lipinski definition) is 4. The van der Waals surface area contributed by atoms with E-state index in [1.807, 2.05) is 23.6 Å². The topological polar surface area (TPSA) is 55.4 Å². The highest BCUT2D eigenvalue weighted by Crippen LogP contribution is 2.25. The molecule has 1 aromatic heterocycles. The first-order valence-electron chi connectivity index (χ1n) is 8.76. The predicted molar refractivity (Wildman–Crippen MR) is 99.9 cm³/mol. The number of thiophene rings is 1. The molecule has 1 aromatic carbocycles. The van der Waals surface area contributed by atoms with Crippen LogP contribution in [0.5, 0.6) is 0 Å². The van der Waals surface area contributed by atoms with E-state index in [1.54, 1.807) is 18.3 Å². The van der Waals surface area contributed by atoms with E-state index in [2.05, 4.69) is 17.4 Å². The number of carbonyl (C=O) groups is 2. The van der Waals surface area contributed by atoms with E-state index in [0.717, 1.165) is 31.4 Å². The van der Waals surface area contributed by atoms with Gasteiger partial charge in [0.15, 0.2) is 6.10 Å². The number of anilines is 1. The molecule has 1 heterocycles. The standard InChI is InChI=1S/C20H23NO3S/c1-14(24-19(22)9-3-7-18-8-4-12-25-18)20(23)21-17-11-10-15-5-2-6-16(15)13-17/h4,8,10-14H,2-3,5-7,9H2,1H3,(H,21,23)/t14-/m1/s1. The van der Waals surface area contributed by atoms with Gasteiger partial charge in [-0.3, -0.25) is 9.59 Å². The van der Waals surface area contributed by atoms with E-state index in [4.69, 9.17) is 4.74 Å². The van der Waals surface area contributed by atoms with Gasteiger partial charge in [0, 0.05) is 17.0 Å². The summed E-state index contributed by atoms with van der Waals surface area (Å²) in [6.07, 6.45) is 4.49. The molecule has 25 heavy (non-hydrogen) atoms. The Morgan fingerprint density at radius 2 is 2.08 bits per heavy atom. The monoisotopic (exact) mass is 357 g/mol. The minimum Gasteiger partial charge on any atom is -0.453 e. The summed E-state index contributed by atoms with van der Waals surface area (Å²) in [5.74, 6) is -0.613. The van der Waals surface area contributed by atoms with Crippen LogP contribution < -0.4 is 5.32 Å². The van der Waals surface area contributed by atoms with Crippen molar-refractivity contribution in [2.45, 2.75) is 51.6 Å². The second kappa shape index (κ2) is 8.30. The summed E-state index contributed by atoms with van der Waals surface area (Å²) in [5, 5.41) is 4.87. The van der Waals surface area contributed by atoms with Gasteiger partial charge in [-0.15, -0.1) is 11.3 Å². The second-order valence-electron chi connectivity index (χ2n) is 6.39. The number of aryl methyl sites for hydroxylation is 3. The Labute approximate surface area is 152 Å². The Hall–Kier alpha value is -2.14. The van der Waals surface area contributed by atoms with Crippen LogP contribution in [0.3, 0.4) is 0 Å². The van der Waals surface area contributed by atoms with Gasteiger partial charge in [-0.1, -0.05) is 12.1 Å². The average Bonchev–Trinajstić information content (AvgIpc) is 3.25. The van der Waals surface area contributed by atoms with Crippen LogP contribution in [0.15, 0.2) is 35.7 Å². The third-order valence-corrected chi connectivity index (χ3v) is 5.36. The van der Waals surface area contributed by atoms with Gasteiger partial charge < -0.3 is 10.1 Å². The summed E-state index contributed by atoms with van der Waals surface area (Å²) in [5.41, 5.74) is 3.44. The largest absolute Gasteiger partial charge is 0.453 e. The van der Waals surface area contributed by atoms with Crippen molar-refractivity contribution in [2.75, 3.05) is 5.32 Å². The lowest BCUT2D eigenvalue weighted by atomic mass is 10.1. The molecule has 1 N–H and O–H groups in total. The van der Waals surface area contributed by atoms with E-state index in [0.29, 0.717) is 6.42 Å². The highest BCUT2D eigenvalue weighted by molar-refractivity contribution is 7.09. The number of ether oxygens (including phenoxy) is 1. The van der Waals surface area contributed by atoms with Crippen LogP contribution in [0.1, 0.15) is 42.2 Å². The predicted octanol–water partition coefficient (Wildman–Crippen LogP) is 4.13. The van der Waals surface area contributed by atoms with Crippen molar-refractivity contribution in [3.8, 4) is 0 Å². The lowest BCUT2D eigenvalue weighted by Crippen LogP contribution is -2.30. The normalized spacial score (nSPS) is 14.0. The summed E-state index contributed by atoms with van der Waals surface area (Å²) in [7, 11) is 0. The van der Waals surface area contributed by atoms with Gasteiger partial charge in [0.1, 0.15) is 0 Å². The number of rotatable bonds is 7. The number of carbonyl (C=O) groups excluding carboxylic acids is 2. The molecule has 0 spiro atoms. The number of nitrogens with one attached hydrogen (secondary N) is 1. The summed E-state index contributed by atoms with van der Waals surface area (Å²) in [4.78, 5) is 25.4. The zero-order chi connectivity index (χ0) is 17.6. The van der Waals surface area contributed by atoms with Crippen LogP contribution in [0.2, 0.25) is 0 Å². The molecule has 132 valence electrons. The van der Waals surface area contributed by atoms with Gasteiger partial charge >= 0.3 is 5.97 Å². The molecule has 0 saturated carbocycles. The molecule has 1 atom stereocenters. The number of esters is 1. The van der Waals surface area contributed by atoms with Crippen LogP contribution in [-0.4, -0.2) is 18.0 Å². The molecule has 0 bridgehead atoms. The number of fused-ring (bicyclic) bond motifs is 1. The minimum atomic E-state index is -0.789. The molecule has 1 amide bonds. The summed E-state index contributed by atoms with van der Waals surface area (Å²) < 4.78 is 5.25. The summed E-state index contributed by atoms with van der Waals surface area (Å²) in [6.45, 7) is 1.61. The van der Waals surface area contributed by atoms with Crippen molar-refractivity contribution in [2.24, 2.45) is 0 Å². The van der Waals surface area contributed by atoms with E-state index >= 15 is 0 Å². The fraction of sp³-hybridized carbons (Fsp3) is 0.400. The molecule has 3 rings (SSSR count). The first-order valence-corrected chi connectivity index (χ1v) is 9.64. The molecule has 0 saturated heterocycles. The van der Waals surface area contributed by atoms with Crippen molar-refractivity contribution in [3.63, 3.8) is 0 Å². The van der Waals surface area contributed by atoms with Crippen LogP contribution in [0, 0.1) is 0 Å². The molecule has 0 aliphatic heterocycles. The van der Waals surface area contributed by atoms with Gasteiger partial charge in [0.05, 0.1) is 0 Å². The molecule has 0 unspecified atom stereocenters. The maximum atomic E-state index is 12.2. The van der Waals surface area contributed by atoms with E-state index in [9.17, 15) is 9.59 Å². The SMILES string of the molecule is C[C@@H](OC(=O)CCCc1cccs1)C(=O)Nc1ccc2c(c1)CCC2. The van der Waals surface area contributed by atoms with Gasteiger partial charge in [-0.25, -0.2) is 0 Å². The zero-order valence-corrected chi connectivity index (χ0v) is 15.2. The zero-order valence-electron chi connectivity index (χ0n) is 14.4. The van der Waals surface area contributed by atoms with Crippen molar-refractivity contribution < 1.29 is 14.3 Å². The fourth-order valence-electron chi connectivity index (χ4n) is 3.06. The summed E-state index contributed by atoms with van der Waals surface area (Å²) >= 11 is 1.69. The second-order valence-corrected chi connectivity index (χ2v) is 7.42. The minimum absolute atomic E-state index is 0.287.